The lowest BCUT2D eigenvalue weighted by atomic mass is 9.97. The summed E-state index contributed by atoms with van der Waals surface area (Å²) in [6.07, 6.45) is -1.10. The maximum atomic E-state index is 13.2. The Labute approximate surface area is 114 Å². The van der Waals surface area contributed by atoms with Crippen LogP contribution in [0.2, 0.25) is 0 Å². The molecule has 1 atom stereocenters. The van der Waals surface area contributed by atoms with Crippen LogP contribution in [-0.2, 0) is 0 Å². The summed E-state index contributed by atoms with van der Waals surface area (Å²) in [6.45, 7) is -1.20. The number of ether oxygens (including phenoxy) is 1. The number of aryl methyl sites for hydroxylation is 1. The van der Waals surface area contributed by atoms with Crippen molar-refractivity contribution >= 4 is 0 Å². The van der Waals surface area contributed by atoms with E-state index in [9.17, 15) is 18.3 Å². The van der Waals surface area contributed by atoms with Gasteiger partial charge in [-0.05, 0) is 47.9 Å². The number of hydrogen-bond acceptors (Lipinski definition) is 2. The van der Waals surface area contributed by atoms with Crippen LogP contribution < -0.4 is 4.74 Å². The standard InChI is InChI=1S/C15H13F3O2/c1-9-5-6-11(16)8-13(9)14(19)10-3-2-4-12(7-10)20-15(17)18/h2-8,14-15,19H,1H3. The van der Waals surface area contributed by atoms with E-state index in [0.717, 1.165) is 0 Å². The number of aliphatic hydroxyl groups is 1. The van der Waals surface area contributed by atoms with Gasteiger partial charge < -0.3 is 9.84 Å². The van der Waals surface area contributed by atoms with Crippen LogP contribution in [0.1, 0.15) is 22.8 Å². The fourth-order valence-corrected chi connectivity index (χ4v) is 1.95. The van der Waals surface area contributed by atoms with Crippen LogP contribution in [0, 0.1) is 12.7 Å². The average molecular weight is 282 g/mol. The minimum Gasteiger partial charge on any atom is -0.435 e. The third-order valence-corrected chi connectivity index (χ3v) is 2.93. The first-order valence-corrected chi connectivity index (χ1v) is 5.96. The zero-order valence-corrected chi connectivity index (χ0v) is 10.7. The molecule has 0 aliphatic carbocycles. The number of hydrogen-bond donors (Lipinski definition) is 1. The van der Waals surface area contributed by atoms with E-state index in [4.69, 9.17) is 0 Å². The van der Waals surface area contributed by atoms with E-state index in [0.29, 0.717) is 16.7 Å². The molecule has 5 heteroatoms. The van der Waals surface area contributed by atoms with E-state index < -0.39 is 18.5 Å². The molecule has 0 heterocycles. The molecular formula is C15H13F3O2. The van der Waals surface area contributed by atoms with Gasteiger partial charge in [-0.25, -0.2) is 4.39 Å². The highest BCUT2D eigenvalue weighted by Crippen LogP contribution is 2.28. The number of alkyl halides is 2. The number of halogens is 3. The molecule has 1 unspecified atom stereocenters. The molecule has 0 fully saturated rings. The molecule has 0 aliphatic rings. The highest BCUT2D eigenvalue weighted by atomic mass is 19.3. The molecular weight excluding hydrogens is 269 g/mol. The summed E-state index contributed by atoms with van der Waals surface area (Å²) in [5.74, 6) is -0.518. The maximum Gasteiger partial charge on any atom is 0.387 e. The summed E-state index contributed by atoms with van der Waals surface area (Å²) in [5, 5.41) is 10.2. The molecule has 2 aromatic rings. The van der Waals surface area contributed by atoms with Gasteiger partial charge in [0.15, 0.2) is 0 Å². The normalized spacial score (nSPS) is 12.5. The molecule has 0 amide bonds. The molecule has 0 spiro atoms. The molecule has 0 radical (unpaired) electrons. The van der Waals surface area contributed by atoms with Crippen LogP contribution in [-0.4, -0.2) is 11.7 Å². The SMILES string of the molecule is Cc1ccc(F)cc1C(O)c1cccc(OC(F)F)c1. The Morgan fingerprint density at radius 1 is 1.10 bits per heavy atom. The summed E-state index contributed by atoms with van der Waals surface area (Å²) < 4.78 is 41.8. The first-order valence-electron chi connectivity index (χ1n) is 5.96. The number of rotatable bonds is 4. The minimum absolute atomic E-state index is 0.0504. The van der Waals surface area contributed by atoms with Crippen molar-refractivity contribution in [3.8, 4) is 5.75 Å². The number of benzene rings is 2. The van der Waals surface area contributed by atoms with Crippen molar-refractivity contribution < 1.29 is 23.0 Å². The predicted octanol–water partition coefficient (Wildman–Crippen LogP) is 3.82. The summed E-state index contributed by atoms with van der Waals surface area (Å²) >= 11 is 0. The van der Waals surface area contributed by atoms with Crippen LogP contribution in [0.3, 0.4) is 0 Å². The van der Waals surface area contributed by atoms with Gasteiger partial charge in [0, 0.05) is 0 Å². The topological polar surface area (TPSA) is 29.5 Å². The molecule has 0 saturated heterocycles. The van der Waals surface area contributed by atoms with Gasteiger partial charge in [0.05, 0.1) is 0 Å². The fourth-order valence-electron chi connectivity index (χ4n) is 1.95. The minimum atomic E-state index is -2.93. The first-order chi connectivity index (χ1) is 9.47. The van der Waals surface area contributed by atoms with Gasteiger partial charge in [-0.1, -0.05) is 18.2 Å². The number of aliphatic hydroxyl groups excluding tert-OH is 1. The van der Waals surface area contributed by atoms with E-state index in [-0.39, 0.29) is 5.75 Å². The van der Waals surface area contributed by atoms with E-state index in [1.165, 1.54) is 30.3 Å². The lowest BCUT2D eigenvalue weighted by Gasteiger charge is -2.15. The molecule has 0 aromatic heterocycles. The van der Waals surface area contributed by atoms with Gasteiger partial charge in [0.2, 0.25) is 0 Å². The van der Waals surface area contributed by atoms with Gasteiger partial charge in [-0.15, -0.1) is 0 Å². The van der Waals surface area contributed by atoms with Crippen molar-refractivity contribution in [2.75, 3.05) is 0 Å². The Bertz CT molecular complexity index is 599. The highest BCUT2D eigenvalue weighted by molar-refractivity contribution is 5.38. The van der Waals surface area contributed by atoms with Crippen LogP contribution in [0.15, 0.2) is 42.5 Å². The van der Waals surface area contributed by atoms with E-state index in [1.807, 2.05) is 0 Å². The Balaban J connectivity index is 2.33. The zero-order valence-electron chi connectivity index (χ0n) is 10.7. The molecule has 2 rings (SSSR count). The second-order valence-electron chi connectivity index (χ2n) is 4.35. The largest absolute Gasteiger partial charge is 0.435 e. The highest BCUT2D eigenvalue weighted by Gasteiger charge is 2.15. The zero-order chi connectivity index (χ0) is 14.7. The second kappa shape index (κ2) is 5.96. The van der Waals surface area contributed by atoms with Crippen molar-refractivity contribution in [3.63, 3.8) is 0 Å². The third kappa shape index (κ3) is 3.30. The van der Waals surface area contributed by atoms with Gasteiger partial charge in [-0.3, -0.25) is 0 Å². The molecule has 0 aliphatic heterocycles. The molecule has 20 heavy (non-hydrogen) atoms. The van der Waals surface area contributed by atoms with Gasteiger partial charge in [0.25, 0.3) is 0 Å². The molecule has 106 valence electrons. The van der Waals surface area contributed by atoms with Crippen molar-refractivity contribution in [2.45, 2.75) is 19.6 Å². The van der Waals surface area contributed by atoms with E-state index in [2.05, 4.69) is 4.74 Å². The molecule has 2 nitrogen and oxygen atoms in total. The van der Waals surface area contributed by atoms with Crippen LogP contribution in [0.4, 0.5) is 13.2 Å². The van der Waals surface area contributed by atoms with Crippen LogP contribution in [0.5, 0.6) is 5.75 Å². The molecule has 0 bridgehead atoms. The lowest BCUT2D eigenvalue weighted by molar-refractivity contribution is -0.0499. The quantitative estimate of drug-likeness (QED) is 0.923. The smallest absolute Gasteiger partial charge is 0.387 e. The monoisotopic (exact) mass is 282 g/mol. The molecule has 1 N–H and O–H groups in total. The fraction of sp³-hybridized carbons (Fsp3) is 0.200. The average Bonchev–Trinajstić information content (AvgIpc) is 2.40. The Morgan fingerprint density at radius 2 is 1.85 bits per heavy atom. The summed E-state index contributed by atoms with van der Waals surface area (Å²) in [6, 6.07) is 9.79. The Morgan fingerprint density at radius 3 is 2.55 bits per heavy atom. The Kier molecular flexibility index (Phi) is 4.29. The predicted molar refractivity (Wildman–Crippen MR) is 68.3 cm³/mol. The summed E-state index contributed by atoms with van der Waals surface area (Å²) in [5.41, 5.74) is 1.45. The van der Waals surface area contributed by atoms with Crippen molar-refractivity contribution in [3.05, 3.63) is 65.0 Å². The molecule has 2 aromatic carbocycles. The first kappa shape index (κ1) is 14.4. The summed E-state index contributed by atoms with van der Waals surface area (Å²) in [4.78, 5) is 0. The maximum absolute atomic E-state index is 13.2. The van der Waals surface area contributed by atoms with Gasteiger partial charge in [-0.2, -0.15) is 8.78 Å². The van der Waals surface area contributed by atoms with Crippen molar-refractivity contribution in [1.29, 1.82) is 0 Å². The summed E-state index contributed by atoms with van der Waals surface area (Å²) in [7, 11) is 0. The lowest BCUT2D eigenvalue weighted by Crippen LogP contribution is -2.05. The van der Waals surface area contributed by atoms with Crippen molar-refractivity contribution in [1.82, 2.24) is 0 Å². The van der Waals surface area contributed by atoms with Gasteiger partial charge in [0.1, 0.15) is 17.7 Å². The van der Waals surface area contributed by atoms with Crippen LogP contribution in [0.25, 0.3) is 0 Å². The third-order valence-electron chi connectivity index (χ3n) is 2.93. The van der Waals surface area contributed by atoms with Gasteiger partial charge >= 0.3 is 6.61 Å². The molecule has 0 saturated carbocycles. The van der Waals surface area contributed by atoms with Crippen molar-refractivity contribution in [2.24, 2.45) is 0 Å². The van der Waals surface area contributed by atoms with Crippen LogP contribution >= 0.6 is 0 Å². The second-order valence-corrected chi connectivity index (χ2v) is 4.35. The van der Waals surface area contributed by atoms with E-state index >= 15 is 0 Å². The van der Waals surface area contributed by atoms with E-state index in [1.54, 1.807) is 19.1 Å². The Hall–Kier alpha value is -2.01.